The van der Waals surface area contributed by atoms with Crippen molar-refractivity contribution < 1.29 is 9.53 Å². The summed E-state index contributed by atoms with van der Waals surface area (Å²) in [6.07, 6.45) is 1.67. The van der Waals surface area contributed by atoms with Crippen LogP contribution in [0.5, 0.6) is 5.75 Å². The van der Waals surface area contributed by atoms with E-state index in [2.05, 4.69) is 5.32 Å². The normalized spacial score (nSPS) is 10.8. The lowest BCUT2D eigenvalue weighted by Crippen LogP contribution is -2.33. The molecule has 1 amide bonds. The third-order valence-corrected chi connectivity index (χ3v) is 4.26. The second kappa shape index (κ2) is 8.38. The molecule has 1 aromatic heterocycles. The molecular weight excluding hydrogens is 330 g/mol. The molecule has 6 nitrogen and oxygen atoms in total. The highest BCUT2D eigenvalue weighted by Crippen LogP contribution is 2.11. The average molecular weight is 353 g/mol. The van der Waals surface area contributed by atoms with Crippen molar-refractivity contribution in [1.82, 2.24) is 14.5 Å². The summed E-state index contributed by atoms with van der Waals surface area (Å²) in [4.78, 5) is 24.5. The molecule has 26 heavy (non-hydrogen) atoms. The Hall–Kier alpha value is -3.02. The molecule has 0 fully saturated rings. The number of aromatic nitrogens is 2. The lowest BCUT2D eigenvalue weighted by Gasteiger charge is -2.07. The lowest BCUT2D eigenvalue weighted by molar-refractivity contribution is -0.121. The Morgan fingerprint density at radius 1 is 1.00 bits per heavy atom. The fourth-order valence-electron chi connectivity index (χ4n) is 2.88. The minimum atomic E-state index is -0.183. The Morgan fingerprint density at radius 2 is 1.69 bits per heavy atom. The fraction of sp³-hybridized carbons (Fsp3) is 0.300. The molecule has 0 saturated heterocycles. The van der Waals surface area contributed by atoms with E-state index in [1.165, 1.54) is 4.57 Å². The molecular formula is C20H23N3O3. The number of hydrogen-bond acceptors (Lipinski definition) is 3. The van der Waals surface area contributed by atoms with Gasteiger partial charge in [-0.2, -0.15) is 0 Å². The minimum Gasteiger partial charge on any atom is -0.494 e. The van der Waals surface area contributed by atoms with Crippen LogP contribution in [0.25, 0.3) is 11.0 Å². The zero-order valence-electron chi connectivity index (χ0n) is 14.9. The van der Waals surface area contributed by atoms with Crippen molar-refractivity contribution in [2.45, 2.75) is 19.4 Å². The molecule has 0 spiro atoms. The second-order valence-electron chi connectivity index (χ2n) is 6.14. The molecule has 0 aliphatic rings. The highest BCUT2D eigenvalue weighted by molar-refractivity contribution is 5.80. The summed E-state index contributed by atoms with van der Waals surface area (Å²) in [5.74, 6) is 0.694. The summed E-state index contributed by atoms with van der Waals surface area (Å²) in [5, 5.41) is 2.87. The largest absolute Gasteiger partial charge is 0.494 e. The summed E-state index contributed by atoms with van der Waals surface area (Å²) in [6.45, 7) is 1.21. The zero-order valence-corrected chi connectivity index (χ0v) is 14.9. The maximum atomic E-state index is 12.3. The van der Waals surface area contributed by atoms with E-state index in [1.54, 1.807) is 11.6 Å². The van der Waals surface area contributed by atoms with E-state index in [1.807, 2.05) is 54.6 Å². The number of unbranched alkanes of at least 4 members (excludes halogenated alkanes) is 1. The Morgan fingerprint density at radius 3 is 2.46 bits per heavy atom. The number of carbonyl (C=O) groups is 1. The first-order valence-electron chi connectivity index (χ1n) is 8.75. The lowest BCUT2D eigenvalue weighted by atomic mass is 10.3. The predicted molar refractivity (Wildman–Crippen MR) is 101 cm³/mol. The third-order valence-electron chi connectivity index (χ3n) is 4.26. The van der Waals surface area contributed by atoms with Gasteiger partial charge in [-0.1, -0.05) is 30.3 Å². The second-order valence-corrected chi connectivity index (χ2v) is 6.14. The van der Waals surface area contributed by atoms with Gasteiger partial charge in [-0.05, 0) is 37.1 Å². The van der Waals surface area contributed by atoms with Crippen LogP contribution in [0.2, 0.25) is 0 Å². The van der Waals surface area contributed by atoms with Gasteiger partial charge in [-0.25, -0.2) is 4.79 Å². The molecule has 136 valence electrons. The van der Waals surface area contributed by atoms with Crippen molar-refractivity contribution in [2.24, 2.45) is 7.05 Å². The van der Waals surface area contributed by atoms with Crippen molar-refractivity contribution in [1.29, 1.82) is 0 Å². The van der Waals surface area contributed by atoms with Crippen LogP contribution in [0.15, 0.2) is 59.4 Å². The van der Waals surface area contributed by atoms with Crippen LogP contribution in [-0.2, 0) is 18.4 Å². The van der Waals surface area contributed by atoms with E-state index in [4.69, 9.17) is 4.74 Å². The number of fused-ring (bicyclic) bond motifs is 1. The molecule has 0 radical (unpaired) electrons. The van der Waals surface area contributed by atoms with E-state index in [-0.39, 0.29) is 18.1 Å². The Balaban J connectivity index is 1.44. The maximum absolute atomic E-state index is 12.3. The SMILES string of the molecule is Cn1c(=O)n(CC(=O)NCCCCOc2ccccc2)c2ccccc21. The van der Waals surface area contributed by atoms with Crippen molar-refractivity contribution in [3.05, 3.63) is 65.1 Å². The molecule has 0 aliphatic carbocycles. The quantitative estimate of drug-likeness (QED) is 0.632. The standard InChI is InChI=1S/C20H23N3O3/c1-22-17-11-5-6-12-18(17)23(20(22)25)15-19(24)21-13-7-8-14-26-16-9-3-2-4-10-16/h2-6,9-12H,7-8,13-15H2,1H3,(H,21,24). The van der Waals surface area contributed by atoms with Crippen LogP contribution in [0.3, 0.4) is 0 Å². The molecule has 2 aromatic carbocycles. The van der Waals surface area contributed by atoms with Gasteiger partial charge < -0.3 is 10.1 Å². The number of nitrogens with one attached hydrogen (secondary N) is 1. The van der Waals surface area contributed by atoms with Crippen LogP contribution in [0.1, 0.15) is 12.8 Å². The van der Waals surface area contributed by atoms with Crippen molar-refractivity contribution >= 4 is 16.9 Å². The molecule has 6 heteroatoms. The van der Waals surface area contributed by atoms with Gasteiger partial charge in [0.1, 0.15) is 12.3 Å². The number of amides is 1. The van der Waals surface area contributed by atoms with E-state index < -0.39 is 0 Å². The first-order chi connectivity index (χ1) is 12.7. The van der Waals surface area contributed by atoms with E-state index >= 15 is 0 Å². The van der Waals surface area contributed by atoms with Crippen LogP contribution < -0.4 is 15.7 Å². The summed E-state index contributed by atoms with van der Waals surface area (Å²) in [7, 11) is 1.71. The summed E-state index contributed by atoms with van der Waals surface area (Å²) in [6, 6.07) is 17.1. The molecule has 0 aliphatic heterocycles. The van der Waals surface area contributed by atoms with Crippen LogP contribution in [-0.4, -0.2) is 28.2 Å². The van der Waals surface area contributed by atoms with Crippen molar-refractivity contribution in [3.8, 4) is 5.75 Å². The number of carbonyl (C=O) groups excluding carboxylic acids is 1. The first kappa shape index (κ1) is 17.8. The van der Waals surface area contributed by atoms with E-state index in [0.29, 0.717) is 13.2 Å². The van der Waals surface area contributed by atoms with E-state index in [9.17, 15) is 9.59 Å². The minimum absolute atomic E-state index is 0.0285. The molecule has 0 atom stereocenters. The topological polar surface area (TPSA) is 65.3 Å². The molecule has 0 saturated carbocycles. The smallest absolute Gasteiger partial charge is 0.329 e. The summed E-state index contributed by atoms with van der Waals surface area (Å²) < 4.78 is 8.68. The number of ether oxygens (including phenoxy) is 1. The van der Waals surface area contributed by atoms with Crippen LogP contribution in [0, 0.1) is 0 Å². The molecule has 1 N–H and O–H groups in total. The number of rotatable bonds is 8. The molecule has 3 rings (SSSR count). The summed E-state index contributed by atoms with van der Waals surface area (Å²) in [5.41, 5.74) is 1.41. The van der Waals surface area contributed by atoms with Crippen LogP contribution in [0.4, 0.5) is 0 Å². The average Bonchev–Trinajstić information content (AvgIpc) is 2.91. The van der Waals surface area contributed by atoms with Crippen molar-refractivity contribution in [2.75, 3.05) is 13.2 Å². The monoisotopic (exact) mass is 353 g/mol. The van der Waals surface area contributed by atoms with Gasteiger partial charge in [-0.3, -0.25) is 13.9 Å². The predicted octanol–water partition coefficient (Wildman–Crippen LogP) is 2.32. The number of hydrogen-bond donors (Lipinski definition) is 1. The molecule has 3 aromatic rings. The van der Waals surface area contributed by atoms with Gasteiger partial charge in [0.25, 0.3) is 0 Å². The molecule has 0 unspecified atom stereocenters. The highest BCUT2D eigenvalue weighted by atomic mass is 16.5. The van der Waals surface area contributed by atoms with Gasteiger partial charge in [0, 0.05) is 13.6 Å². The van der Waals surface area contributed by atoms with E-state index in [0.717, 1.165) is 29.6 Å². The van der Waals surface area contributed by atoms with Crippen molar-refractivity contribution in [3.63, 3.8) is 0 Å². The molecule has 1 heterocycles. The summed E-state index contributed by atoms with van der Waals surface area (Å²) >= 11 is 0. The Labute approximate surface area is 152 Å². The Bertz CT molecular complexity index is 928. The van der Waals surface area contributed by atoms with Gasteiger partial charge in [-0.15, -0.1) is 0 Å². The number of benzene rings is 2. The molecule has 0 bridgehead atoms. The van der Waals surface area contributed by atoms with Crippen LogP contribution >= 0.6 is 0 Å². The number of imidazole rings is 1. The van der Waals surface area contributed by atoms with Gasteiger partial charge >= 0.3 is 5.69 Å². The number of aryl methyl sites for hydroxylation is 1. The van der Waals surface area contributed by atoms with Gasteiger partial charge in [0.15, 0.2) is 0 Å². The van der Waals surface area contributed by atoms with Gasteiger partial charge in [0.2, 0.25) is 5.91 Å². The third kappa shape index (κ3) is 4.14. The zero-order chi connectivity index (χ0) is 18.4. The Kier molecular flexibility index (Phi) is 5.73. The fourth-order valence-corrected chi connectivity index (χ4v) is 2.88. The number of para-hydroxylation sites is 3. The highest BCUT2D eigenvalue weighted by Gasteiger charge is 2.12. The maximum Gasteiger partial charge on any atom is 0.329 e. The van der Waals surface area contributed by atoms with Gasteiger partial charge in [0.05, 0.1) is 17.6 Å². The first-order valence-corrected chi connectivity index (χ1v) is 8.75. The number of nitrogens with zero attached hydrogens (tertiary/aromatic N) is 2.